The van der Waals surface area contributed by atoms with Gasteiger partial charge in [-0.1, -0.05) is 19.1 Å². The molecule has 17 heavy (non-hydrogen) atoms. The molecule has 0 N–H and O–H groups in total. The number of carbonyl (C=O) groups excluding carboxylic acids is 2. The maximum Gasteiger partial charge on any atom is 0.265 e. The highest BCUT2D eigenvalue weighted by atomic mass is 16.5. The zero-order valence-electron chi connectivity index (χ0n) is 9.38. The zero-order valence-corrected chi connectivity index (χ0v) is 9.38. The van der Waals surface area contributed by atoms with Gasteiger partial charge in [-0.25, -0.2) is 0 Å². The average molecular weight is 234 g/mol. The number of amides is 1. The molecule has 0 bridgehead atoms. The van der Waals surface area contributed by atoms with Crippen molar-refractivity contribution in [3.05, 3.63) is 24.3 Å². The lowest BCUT2D eigenvalue weighted by molar-refractivity contribution is -0.307. The summed E-state index contributed by atoms with van der Waals surface area (Å²) in [5.41, 5.74) is 0.486. The van der Waals surface area contributed by atoms with E-state index in [1.807, 2.05) is 0 Å². The lowest BCUT2D eigenvalue weighted by atomic mass is 10.1. The van der Waals surface area contributed by atoms with Crippen molar-refractivity contribution in [2.45, 2.75) is 19.4 Å². The topological polar surface area (TPSA) is 69.7 Å². The minimum absolute atomic E-state index is 0.138. The summed E-state index contributed by atoms with van der Waals surface area (Å²) in [5, 5.41) is 11.0. The first kappa shape index (κ1) is 11.4. The number of carboxylic acids is 1. The number of hydrogen-bond acceptors (Lipinski definition) is 4. The summed E-state index contributed by atoms with van der Waals surface area (Å²) in [6.45, 7) is 1.56. The second-order valence-corrected chi connectivity index (χ2v) is 3.76. The minimum Gasteiger partial charge on any atom is -0.548 e. The van der Waals surface area contributed by atoms with Crippen molar-refractivity contribution in [3.63, 3.8) is 0 Å². The lowest BCUT2D eigenvalue weighted by Gasteiger charge is -2.35. The average Bonchev–Trinajstić information content (AvgIpc) is 2.32. The third-order valence-electron chi connectivity index (χ3n) is 2.72. The van der Waals surface area contributed by atoms with E-state index in [1.165, 1.54) is 4.90 Å². The van der Waals surface area contributed by atoms with Crippen molar-refractivity contribution in [1.29, 1.82) is 0 Å². The molecule has 0 aromatic heterocycles. The number of carbonyl (C=O) groups is 2. The Kier molecular flexibility index (Phi) is 2.99. The van der Waals surface area contributed by atoms with Crippen LogP contribution in [0.4, 0.5) is 5.69 Å². The minimum atomic E-state index is -1.25. The van der Waals surface area contributed by atoms with E-state index in [-0.39, 0.29) is 12.5 Å². The van der Waals surface area contributed by atoms with Crippen LogP contribution in [0.15, 0.2) is 24.3 Å². The molecule has 0 saturated carbocycles. The maximum absolute atomic E-state index is 11.8. The van der Waals surface area contributed by atoms with Crippen molar-refractivity contribution < 1.29 is 19.4 Å². The number of fused-ring (bicyclic) bond motifs is 1. The number of hydrogen-bond donors (Lipinski definition) is 0. The number of benzene rings is 1. The van der Waals surface area contributed by atoms with Crippen LogP contribution < -0.4 is 14.7 Å². The maximum atomic E-state index is 11.8. The second kappa shape index (κ2) is 4.45. The third-order valence-corrected chi connectivity index (χ3v) is 2.72. The predicted molar refractivity (Wildman–Crippen MR) is 58.5 cm³/mol. The second-order valence-electron chi connectivity index (χ2n) is 3.76. The van der Waals surface area contributed by atoms with Gasteiger partial charge in [0.05, 0.1) is 17.7 Å². The Morgan fingerprint density at radius 1 is 1.53 bits per heavy atom. The Morgan fingerprint density at radius 2 is 2.24 bits per heavy atom. The van der Waals surface area contributed by atoms with Gasteiger partial charge in [0.1, 0.15) is 5.75 Å². The summed E-state index contributed by atoms with van der Waals surface area (Å²) < 4.78 is 5.24. The molecule has 1 unspecified atom stereocenters. The van der Waals surface area contributed by atoms with Crippen LogP contribution in [0.1, 0.15) is 13.3 Å². The van der Waals surface area contributed by atoms with Crippen LogP contribution in [-0.4, -0.2) is 24.5 Å². The highest BCUT2D eigenvalue weighted by Gasteiger charge is 2.31. The van der Waals surface area contributed by atoms with Crippen LogP contribution >= 0.6 is 0 Å². The van der Waals surface area contributed by atoms with E-state index in [1.54, 1.807) is 31.2 Å². The van der Waals surface area contributed by atoms with Crippen LogP contribution in [0.25, 0.3) is 0 Å². The van der Waals surface area contributed by atoms with Crippen LogP contribution in [0, 0.1) is 0 Å². The van der Waals surface area contributed by atoms with Gasteiger partial charge in [-0.15, -0.1) is 0 Å². The number of rotatable bonds is 3. The molecule has 2 rings (SSSR count). The van der Waals surface area contributed by atoms with Gasteiger partial charge in [0, 0.05) is 0 Å². The Morgan fingerprint density at radius 3 is 2.88 bits per heavy atom. The first-order chi connectivity index (χ1) is 8.15. The molecule has 5 heteroatoms. The number of ether oxygens (including phenoxy) is 1. The molecular formula is C12H12NO4-. The summed E-state index contributed by atoms with van der Waals surface area (Å²) in [5.74, 6) is -1.09. The van der Waals surface area contributed by atoms with Gasteiger partial charge in [-0.2, -0.15) is 0 Å². The summed E-state index contributed by atoms with van der Waals surface area (Å²) in [4.78, 5) is 24.1. The van der Waals surface area contributed by atoms with Gasteiger partial charge in [-0.05, 0) is 18.6 Å². The van der Waals surface area contributed by atoms with Crippen molar-refractivity contribution in [2.24, 2.45) is 0 Å². The zero-order chi connectivity index (χ0) is 12.4. The van der Waals surface area contributed by atoms with Gasteiger partial charge in [0.15, 0.2) is 6.61 Å². The van der Waals surface area contributed by atoms with E-state index in [0.29, 0.717) is 17.9 Å². The summed E-state index contributed by atoms with van der Waals surface area (Å²) in [6, 6.07) is 5.92. The smallest absolute Gasteiger partial charge is 0.265 e. The molecule has 0 fully saturated rings. The van der Waals surface area contributed by atoms with E-state index in [0.717, 1.165) is 0 Å². The molecule has 1 aromatic carbocycles. The van der Waals surface area contributed by atoms with E-state index >= 15 is 0 Å². The monoisotopic (exact) mass is 234 g/mol. The molecule has 1 aliphatic heterocycles. The number of aliphatic carboxylic acids is 1. The Balaban J connectivity index is 2.45. The first-order valence-corrected chi connectivity index (χ1v) is 5.40. The summed E-state index contributed by atoms with van der Waals surface area (Å²) >= 11 is 0. The van der Waals surface area contributed by atoms with Crippen LogP contribution in [0.2, 0.25) is 0 Å². The van der Waals surface area contributed by atoms with Crippen LogP contribution in [-0.2, 0) is 9.59 Å². The van der Waals surface area contributed by atoms with E-state index in [9.17, 15) is 14.7 Å². The molecule has 1 aliphatic rings. The Labute approximate surface area is 98.6 Å². The van der Waals surface area contributed by atoms with E-state index in [2.05, 4.69) is 0 Å². The highest BCUT2D eigenvalue weighted by Crippen LogP contribution is 2.33. The number of anilines is 1. The normalized spacial score (nSPS) is 16.1. The standard InChI is InChI=1S/C12H13NO4/c1-2-8(12(15)16)13-9-5-3-4-6-10(9)17-7-11(13)14/h3-6,8H,2,7H2,1H3,(H,15,16)/p-1. The largest absolute Gasteiger partial charge is 0.548 e. The SMILES string of the molecule is CCC(C(=O)[O-])N1C(=O)COc2ccccc21. The quantitative estimate of drug-likeness (QED) is 0.734. The number of nitrogens with zero attached hydrogens (tertiary/aromatic N) is 1. The van der Waals surface area contributed by atoms with Gasteiger partial charge < -0.3 is 14.6 Å². The lowest BCUT2D eigenvalue weighted by Crippen LogP contribution is -2.53. The molecule has 0 radical (unpaired) electrons. The third kappa shape index (κ3) is 1.95. The molecule has 1 amide bonds. The number of para-hydroxylation sites is 2. The molecule has 90 valence electrons. The van der Waals surface area contributed by atoms with Crippen molar-refractivity contribution in [2.75, 3.05) is 11.5 Å². The predicted octanol–water partition coefficient (Wildman–Crippen LogP) is -0.0595. The molecule has 0 saturated heterocycles. The molecular weight excluding hydrogens is 222 g/mol. The summed E-state index contributed by atoms with van der Waals surface area (Å²) in [6.07, 6.45) is 0.294. The van der Waals surface area contributed by atoms with E-state index in [4.69, 9.17) is 4.74 Å². The van der Waals surface area contributed by atoms with Gasteiger partial charge >= 0.3 is 0 Å². The fourth-order valence-corrected chi connectivity index (χ4v) is 1.92. The molecule has 1 atom stereocenters. The molecule has 1 heterocycles. The molecule has 0 spiro atoms. The summed E-state index contributed by atoms with van der Waals surface area (Å²) in [7, 11) is 0. The van der Waals surface area contributed by atoms with Crippen molar-refractivity contribution >= 4 is 17.6 Å². The first-order valence-electron chi connectivity index (χ1n) is 5.40. The van der Waals surface area contributed by atoms with Gasteiger partial charge in [0.2, 0.25) is 0 Å². The van der Waals surface area contributed by atoms with Gasteiger partial charge in [0.25, 0.3) is 5.91 Å². The molecule has 0 aliphatic carbocycles. The molecule has 1 aromatic rings. The Hall–Kier alpha value is -2.04. The highest BCUT2D eigenvalue weighted by molar-refractivity contribution is 6.02. The van der Waals surface area contributed by atoms with Crippen molar-refractivity contribution in [3.8, 4) is 5.75 Å². The van der Waals surface area contributed by atoms with E-state index < -0.39 is 12.0 Å². The Bertz CT molecular complexity index is 458. The van der Waals surface area contributed by atoms with Crippen LogP contribution in [0.3, 0.4) is 0 Å². The van der Waals surface area contributed by atoms with Crippen molar-refractivity contribution in [1.82, 2.24) is 0 Å². The molecule has 5 nitrogen and oxygen atoms in total. The van der Waals surface area contributed by atoms with Crippen LogP contribution in [0.5, 0.6) is 5.75 Å². The number of carboxylic acid groups (broad SMARTS) is 1. The fraction of sp³-hybridized carbons (Fsp3) is 0.333. The fourth-order valence-electron chi connectivity index (χ4n) is 1.92. The van der Waals surface area contributed by atoms with Gasteiger partial charge in [-0.3, -0.25) is 9.69 Å².